The number of non-ortho nitro benzene ring substituents is 1. The number of amides is 3. The van der Waals surface area contributed by atoms with Crippen LogP contribution in [0.25, 0.3) is 0 Å². The largest absolute Gasteiger partial charge is 0.467 e. The van der Waals surface area contributed by atoms with Crippen LogP contribution in [0.15, 0.2) is 36.4 Å². The van der Waals surface area contributed by atoms with Crippen LogP contribution in [-0.2, 0) is 35.2 Å². The Bertz CT molecular complexity index is 1300. The number of allylic oxidation sites excluding steroid dienone is 1. The van der Waals surface area contributed by atoms with Gasteiger partial charge in [0.25, 0.3) is 5.69 Å². The van der Waals surface area contributed by atoms with Gasteiger partial charge in [0.1, 0.15) is 23.7 Å². The summed E-state index contributed by atoms with van der Waals surface area (Å²) in [6, 6.07) is 4.13. The molecule has 2 heterocycles. The van der Waals surface area contributed by atoms with Gasteiger partial charge in [0.05, 0.1) is 24.7 Å². The molecule has 13 nitrogen and oxygen atoms in total. The molecule has 4 aliphatic rings. The molecule has 3 amide bonds. The molecule has 0 unspecified atom stereocenters. The molecule has 5 atom stereocenters. The number of rotatable bonds is 7. The van der Waals surface area contributed by atoms with Gasteiger partial charge in [-0.3, -0.25) is 19.7 Å². The quantitative estimate of drug-likeness (QED) is 0.199. The molecular formula is C32H42N4O9. The van der Waals surface area contributed by atoms with Crippen molar-refractivity contribution in [1.82, 2.24) is 15.5 Å². The Balaban J connectivity index is 1.35. The van der Waals surface area contributed by atoms with Crippen molar-refractivity contribution in [2.24, 2.45) is 5.92 Å². The van der Waals surface area contributed by atoms with Crippen LogP contribution in [0.4, 0.5) is 10.5 Å². The lowest BCUT2D eigenvalue weighted by atomic mass is 10.0. The van der Waals surface area contributed by atoms with Crippen molar-refractivity contribution in [3.63, 3.8) is 0 Å². The molecule has 2 N–H and O–H groups in total. The fourth-order valence-corrected chi connectivity index (χ4v) is 6.61. The van der Waals surface area contributed by atoms with Crippen LogP contribution in [0, 0.1) is 16.0 Å². The van der Waals surface area contributed by atoms with Gasteiger partial charge in [-0.15, -0.1) is 0 Å². The predicted octanol–water partition coefficient (Wildman–Crippen LogP) is 3.69. The topological polar surface area (TPSA) is 166 Å². The molecular weight excluding hydrogens is 584 g/mol. The fourth-order valence-electron chi connectivity index (χ4n) is 6.61. The minimum absolute atomic E-state index is 0.0365. The maximum Gasteiger partial charge on any atom is 0.408 e. The van der Waals surface area contributed by atoms with Crippen LogP contribution in [-0.4, -0.2) is 77.2 Å². The Labute approximate surface area is 262 Å². The zero-order chi connectivity index (χ0) is 32.0. The van der Waals surface area contributed by atoms with E-state index in [9.17, 15) is 29.3 Å². The highest BCUT2D eigenvalue weighted by Crippen LogP contribution is 2.46. The lowest BCUT2D eigenvalue weighted by Crippen LogP contribution is -2.56. The number of hydrogen-bond donors (Lipinski definition) is 2. The van der Waals surface area contributed by atoms with Crippen molar-refractivity contribution in [1.29, 1.82) is 0 Å². The number of hydrogen-bond acceptors (Lipinski definition) is 9. The highest BCUT2D eigenvalue weighted by Gasteiger charge is 2.62. The van der Waals surface area contributed by atoms with E-state index in [-0.39, 0.29) is 37.3 Å². The zero-order valence-electron chi connectivity index (χ0n) is 25.6. The molecule has 3 fully saturated rings. The summed E-state index contributed by atoms with van der Waals surface area (Å²) in [5.74, 6) is -1.65. The number of alkyl carbamates (subject to hydrolysis) is 1. The molecule has 1 aromatic rings. The summed E-state index contributed by atoms with van der Waals surface area (Å²) in [6.07, 6.45) is 10.4. The Morgan fingerprint density at radius 2 is 1.80 bits per heavy atom. The summed E-state index contributed by atoms with van der Waals surface area (Å²) in [5.41, 5.74) is -0.532. The van der Waals surface area contributed by atoms with Crippen LogP contribution in [0.3, 0.4) is 0 Å². The van der Waals surface area contributed by atoms with Gasteiger partial charge in [-0.1, -0.05) is 25.0 Å². The minimum atomic E-state index is -1.20. The van der Waals surface area contributed by atoms with Gasteiger partial charge in [0.15, 0.2) is 0 Å². The van der Waals surface area contributed by atoms with Crippen molar-refractivity contribution in [3.05, 3.63) is 52.1 Å². The first kappa shape index (κ1) is 32.4. The number of benzene rings is 1. The third-order valence-electron chi connectivity index (χ3n) is 9.29. The van der Waals surface area contributed by atoms with Crippen LogP contribution in [0.2, 0.25) is 0 Å². The minimum Gasteiger partial charge on any atom is -0.467 e. The van der Waals surface area contributed by atoms with Gasteiger partial charge in [-0.2, -0.15) is 0 Å². The molecule has 0 spiro atoms. The summed E-state index contributed by atoms with van der Waals surface area (Å²) < 4.78 is 16.8. The number of ether oxygens (including phenoxy) is 3. The maximum absolute atomic E-state index is 14.1. The molecule has 2 saturated carbocycles. The molecule has 1 aromatic carbocycles. The van der Waals surface area contributed by atoms with Crippen LogP contribution >= 0.6 is 0 Å². The summed E-state index contributed by atoms with van der Waals surface area (Å²) in [6.45, 7) is 0.210. The number of carbonyl (C=O) groups excluding carboxylic acids is 4. The zero-order valence-corrected chi connectivity index (χ0v) is 25.6. The smallest absolute Gasteiger partial charge is 0.408 e. The standard InChI is InChI=1S/C32H42N4O9/c1-43-30(39)32-18-22(32)9-5-3-2-4-6-12-26(33-31(40)45-24-10-7-8-11-24)29(38)35-19-25(17-27(35)28(37)34-32)44-20-21-13-15-23(16-14-21)36(41)42/h5,9,13-16,22,24-27H,2-4,6-8,10-12,17-20H2,1H3,(H,33,40)(H,34,37)/b9-5-/t22-,25+,26+,27+,32-/m1/s1. The summed E-state index contributed by atoms with van der Waals surface area (Å²) in [7, 11) is 1.28. The monoisotopic (exact) mass is 626 g/mol. The molecule has 2 aliphatic carbocycles. The van der Waals surface area contributed by atoms with Crippen molar-refractivity contribution in [2.45, 2.75) is 107 Å². The van der Waals surface area contributed by atoms with Crippen LogP contribution in [0.5, 0.6) is 0 Å². The van der Waals surface area contributed by atoms with Crippen molar-refractivity contribution >= 4 is 29.6 Å². The summed E-state index contributed by atoms with van der Waals surface area (Å²) >= 11 is 0. The van der Waals surface area contributed by atoms with E-state index in [1.807, 2.05) is 12.2 Å². The second-order valence-corrected chi connectivity index (χ2v) is 12.4. The molecule has 45 heavy (non-hydrogen) atoms. The molecule has 1 saturated heterocycles. The Hall–Kier alpha value is -4.00. The van der Waals surface area contributed by atoms with E-state index in [0.29, 0.717) is 24.8 Å². The number of nitro benzene ring substituents is 1. The van der Waals surface area contributed by atoms with E-state index in [2.05, 4.69) is 10.6 Å². The normalized spacial score (nSPS) is 29.8. The number of methoxy groups -OCH3 is 1. The van der Waals surface area contributed by atoms with Gasteiger partial charge in [0.2, 0.25) is 11.8 Å². The van der Waals surface area contributed by atoms with Gasteiger partial charge in [-0.25, -0.2) is 9.59 Å². The van der Waals surface area contributed by atoms with E-state index in [4.69, 9.17) is 14.2 Å². The van der Waals surface area contributed by atoms with Crippen molar-refractivity contribution in [2.75, 3.05) is 13.7 Å². The van der Waals surface area contributed by atoms with Gasteiger partial charge < -0.3 is 29.7 Å². The third-order valence-corrected chi connectivity index (χ3v) is 9.29. The second-order valence-electron chi connectivity index (χ2n) is 12.4. The number of nitro groups is 1. The third kappa shape index (κ3) is 7.81. The van der Waals surface area contributed by atoms with Crippen molar-refractivity contribution in [3.8, 4) is 0 Å². The molecule has 0 aromatic heterocycles. The highest BCUT2D eigenvalue weighted by molar-refractivity contribution is 5.96. The molecule has 5 rings (SSSR count). The van der Waals surface area contributed by atoms with E-state index in [1.165, 1.54) is 24.1 Å². The lowest BCUT2D eigenvalue weighted by Gasteiger charge is -2.29. The Morgan fingerprint density at radius 3 is 2.51 bits per heavy atom. The molecule has 244 valence electrons. The van der Waals surface area contributed by atoms with Gasteiger partial charge in [0, 0.05) is 31.0 Å². The number of nitrogens with one attached hydrogen (secondary N) is 2. The fraction of sp³-hybridized carbons (Fsp3) is 0.625. The van der Waals surface area contributed by atoms with Crippen LogP contribution < -0.4 is 10.6 Å². The molecule has 13 heteroatoms. The number of nitrogens with zero attached hydrogens (tertiary/aromatic N) is 2. The Morgan fingerprint density at radius 1 is 1.07 bits per heavy atom. The number of fused-ring (bicyclic) bond motifs is 2. The first-order chi connectivity index (χ1) is 21.7. The second kappa shape index (κ2) is 14.4. The maximum atomic E-state index is 14.1. The first-order valence-corrected chi connectivity index (χ1v) is 15.9. The SMILES string of the molecule is COC(=O)[C@@]12C[C@H]1/C=C\CCCCC[C@H](NC(=O)OC1CCCC1)C(=O)N1C[C@@H](OCc3ccc([N+](=O)[O-])cc3)C[C@H]1C(=O)N2. The van der Waals surface area contributed by atoms with E-state index >= 15 is 0 Å². The average Bonchev–Trinajstić information content (AvgIpc) is 3.33. The number of carbonyl (C=O) groups is 4. The highest BCUT2D eigenvalue weighted by atomic mass is 16.6. The van der Waals surface area contributed by atoms with E-state index in [1.54, 1.807) is 12.1 Å². The Kier molecular flexibility index (Phi) is 10.4. The van der Waals surface area contributed by atoms with E-state index < -0.39 is 52.5 Å². The molecule has 0 radical (unpaired) electrons. The average molecular weight is 627 g/mol. The first-order valence-electron chi connectivity index (χ1n) is 15.9. The van der Waals surface area contributed by atoms with Crippen molar-refractivity contribution < 1.29 is 38.3 Å². The molecule has 0 bridgehead atoms. The van der Waals surface area contributed by atoms with Gasteiger partial charge in [-0.05, 0) is 69.1 Å². The summed E-state index contributed by atoms with van der Waals surface area (Å²) in [5, 5.41) is 16.7. The van der Waals surface area contributed by atoms with E-state index in [0.717, 1.165) is 44.9 Å². The summed E-state index contributed by atoms with van der Waals surface area (Å²) in [4.78, 5) is 65.7. The number of esters is 1. The lowest BCUT2D eigenvalue weighted by molar-refractivity contribution is -0.384. The predicted molar refractivity (Wildman–Crippen MR) is 161 cm³/mol. The van der Waals surface area contributed by atoms with Crippen LogP contribution in [0.1, 0.15) is 76.2 Å². The van der Waals surface area contributed by atoms with Gasteiger partial charge >= 0.3 is 12.1 Å². The molecule has 2 aliphatic heterocycles.